The zero-order chi connectivity index (χ0) is 20.5. The molecule has 0 bridgehead atoms. The Kier molecular flexibility index (Phi) is 6.62. The number of likely N-dealkylation sites (tertiary alicyclic amines) is 1. The number of rotatable bonds is 5. The number of benzene rings is 1. The van der Waals surface area contributed by atoms with Gasteiger partial charge in [-0.3, -0.25) is 14.5 Å². The number of fused-ring (bicyclic) bond motifs is 1. The number of amides is 2. The first-order chi connectivity index (χ1) is 13.1. The number of anilines is 1. The van der Waals surface area contributed by atoms with Gasteiger partial charge in [0.05, 0.1) is 10.9 Å². The molecule has 28 heavy (non-hydrogen) atoms. The average molecular weight is 424 g/mol. The van der Waals surface area contributed by atoms with Gasteiger partial charge >= 0.3 is 0 Å². The zero-order valence-corrected chi connectivity index (χ0v) is 18.6. The lowest BCUT2D eigenvalue weighted by Gasteiger charge is -2.45. The summed E-state index contributed by atoms with van der Waals surface area (Å²) in [5.74, 6) is 1.12. The molecule has 3 rings (SSSR count). The first-order valence-corrected chi connectivity index (χ1v) is 11.2. The quantitative estimate of drug-likeness (QED) is 0.750. The highest BCUT2D eigenvalue weighted by molar-refractivity contribution is 8.01. The van der Waals surface area contributed by atoms with Gasteiger partial charge < -0.3 is 10.6 Å². The minimum atomic E-state index is -0.424. The SMILES string of the molecule is CC1CC(C)CN(C(C)(C)CNC(=O)CC2Sc3ccc(Cl)cc3NC2=O)C1. The fourth-order valence-corrected chi connectivity index (χ4v) is 5.34. The summed E-state index contributed by atoms with van der Waals surface area (Å²) in [6, 6.07) is 5.42. The molecule has 1 fully saturated rings. The molecule has 1 saturated heterocycles. The Labute approximate surface area is 177 Å². The van der Waals surface area contributed by atoms with Crippen LogP contribution in [0.1, 0.15) is 40.5 Å². The van der Waals surface area contributed by atoms with Crippen LogP contribution in [0.3, 0.4) is 0 Å². The topological polar surface area (TPSA) is 61.4 Å². The molecule has 5 nitrogen and oxygen atoms in total. The van der Waals surface area contributed by atoms with Crippen molar-refractivity contribution >= 4 is 40.9 Å². The van der Waals surface area contributed by atoms with Crippen molar-refractivity contribution in [2.45, 2.75) is 56.2 Å². The Hall–Kier alpha value is -1.24. The monoisotopic (exact) mass is 423 g/mol. The number of hydrogen-bond acceptors (Lipinski definition) is 4. The van der Waals surface area contributed by atoms with E-state index in [1.54, 1.807) is 12.1 Å². The van der Waals surface area contributed by atoms with Crippen molar-refractivity contribution in [3.63, 3.8) is 0 Å². The van der Waals surface area contributed by atoms with Crippen LogP contribution in [0.5, 0.6) is 0 Å². The lowest BCUT2D eigenvalue weighted by Crippen LogP contribution is -2.56. The van der Waals surface area contributed by atoms with Crippen LogP contribution in [0.25, 0.3) is 0 Å². The molecule has 1 aromatic rings. The Morgan fingerprint density at radius 1 is 1.32 bits per heavy atom. The van der Waals surface area contributed by atoms with Crippen LogP contribution in [0.2, 0.25) is 5.02 Å². The maximum absolute atomic E-state index is 12.5. The molecule has 0 aliphatic carbocycles. The Morgan fingerprint density at radius 3 is 2.68 bits per heavy atom. The maximum Gasteiger partial charge on any atom is 0.238 e. The van der Waals surface area contributed by atoms with Gasteiger partial charge in [0.2, 0.25) is 11.8 Å². The van der Waals surface area contributed by atoms with E-state index < -0.39 is 5.25 Å². The van der Waals surface area contributed by atoms with Gasteiger partial charge in [-0.1, -0.05) is 25.4 Å². The summed E-state index contributed by atoms with van der Waals surface area (Å²) in [6.07, 6.45) is 1.43. The molecule has 2 amide bonds. The number of carbonyl (C=O) groups excluding carboxylic acids is 2. The van der Waals surface area contributed by atoms with Crippen molar-refractivity contribution in [1.29, 1.82) is 0 Å². The number of halogens is 1. The lowest BCUT2D eigenvalue weighted by molar-refractivity contribution is -0.124. The first-order valence-electron chi connectivity index (χ1n) is 9.93. The van der Waals surface area contributed by atoms with Crippen molar-refractivity contribution in [2.75, 3.05) is 25.0 Å². The number of carbonyl (C=O) groups is 2. The summed E-state index contributed by atoms with van der Waals surface area (Å²) in [5.41, 5.74) is 0.609. The van der Waals surface area contributed by atoms with Crippen molar-refractivity contribution in [2.24, 2.45) is 11.8 Å². The standard InChI is InChI=1S/C21H30ClN3O2S/c1-13-7-14(2)11-25(10-13)21(3,4)12-23-19(26)9-18-20(27)24-16-8-15(22)5-6-17(16)28-18/h5-6,8,13-14,18H,7,9-12H2,1-4H3,(H,23,26)(H,24,27). The Morgan fingerprint density at radius 2 is 2.00 bits per heavy atom. The van der Waals surface area contributed by atoms with Gasteiger partial charge in [0, 0.05) is 41.5 Å². The average Bonchev–Trinajstić information content (AvgIpc) is 2.60. The Balaban J connectivity index is 1.54. The van der Waals surface area contributed by atoms with Gasteiger partial charge in [-0.15, -0.1) is 11.8 Å². The largest absolute Gasteiger partial charge is 0.354 e. The van der Waals surface area contributed by atoms with Gasteiger partial charge in [0.15, 0.2) is 0 Å². The van der Waals surface area contributed by atoms with Crippen molar-refractivity contribution in [3.8, 4) is 0 Å². The van der Waals surface area contributed by atoms with Gasteiger partial charge in [0.25, 0.3) is 0 Å². The van der Waals surface area contributed by atoms with Gasteiger partial charge in [0.1, 0.15) is 0 Å². The fourth-order valence-electron chi connectivity index (χ4n) is 4.08. The molecule has 0 radical (unpaired) electrons. The smallest absolute Gasteiger partial charge is 0.238 e. The number of thioether (sulfide) groups is 1. The lowest BCUT2D eigenvalue weighted by atomic mass is 9.88. The van der Waals surface area contributed by atoms with E-state index >= 15 is 0 Å². The highest BCUT2D eigenvalue weighted by Gasteiger charge is 2.34. The minimum absolute atomic E-state index is 0.0868. The van der Waals surface area contributed by atoms with Gasteiger partial charge in [-0.2, -0.15) is 0 Å². The molecule has 1 aromatic carbocycles. The summed E-state index contributed by atoms with van der Waals surface area (Å²) in [7, 11) is 0. The third kappa shape index (κ3) is 5.22. The summed E-state index contributed by atoms with van der Waals surface area (Å²) in [5, 5.41) is 6.07. The molecule has 3 atom stereocenters. The molecular formula is C21H30ClN3O2S. The molecule has 0 spiro atoms. The molecule has 0 aromatic heterocycles. The molecule has 2 heterocycles. The Bertz CT molecular complexity index is 745. The summed E-state index contributed by atoms with van der Waals surface area (Å²) >= 11 is 7.40. The maximum atomic E-state index is 12.5. The van der Waals surface area contributed by atoms with E-state index in [1.165, 1.54) is 18.2 Å². The van der Waals surface area contributed by atoms with Gasteiger partial charge in [-0.05, 0) is 50.3 Å². The predicted molar refractivity (Wildman–Crippen MR) is 116 cm³/mol. The molecule has 2 N–H and O–H groups in total. The summed E-state index contributed by atoms with van der Waals surface area (Å²) < 4.78 is 0. The number of piperidine rings is 1. The fraction of sp³-hybridized carbons (Fsp3) is 0.619. The molecule has 2 aliphatic heterocycles. The summed E-state index contributed by atoms with van der Waals surface area (Å²) in [6.45, 7) is 11.7. The van der Waals surface area contributed by atoms with Crippen LogP contribution in [-0.4, -0.2) is 47.1 Å². The van der Waals surface area contributed by atoms with E-state index in [1.807, 2.05) is 6.07 Å². The molecule has 7 heteroatoms. The molecular weight excluding hydrogens is 394 g/mol. The first kappa shape index (κ1) is 21.5. The molecule has 154 valence electrons. The van der Waals surface area contributed by atoms with Crippen molar-refractivity contribution in [1.82, 2.24) is 10.2 Å². The van der Waals surface area contributed by atoms with Crippen molar-refractivity contribution in [3.05, 3.63) is 23.2 Å². The van der Waals surface area contributed by atoms with E-state index in [4.69, 9.17) is 11.6 Å². The van der Waals surface area contributed by atoms with Gasteiger partial charge in [-0.25, -0.2) is 0 Å². The van der Waals surface area contributed by atoms with E-state index in [-0.39, 0.29) is 23.8 Å². The van der Waals surface area contributed by atoms with Crippen LogP contribution < -0.4 is 10.6 Å². The normalized spacial score (nSPS) is 25.8. The van der Waals surface area contributed by atoms with E-state index in [0.717, 1.165) is 18.0 Å². The summed E-state index contributed by atoms with van der Waals surface area (Å²) in [4.78, 5) is 28.3. The van der Waals surface area contributed by atoms with Crippen LogP contribution >= 0.6 is 23.4 Å². The third-order valence-electron chi connectivity index (χ3n) is 5.58. The van der Waals surface area contributed by atoms with E-state index in [2.05, 4.69) is 43.2 Å². The third-order valence-corrected chi connectivity index (χ3v) is 7.09. The van der Waals surface area contributed by atoms with Crippen LogP contribution in [0, 0.1) is 11.8 Å². The highest BCUT2D eigenvalue weighted by Crippen LogP contribution is 2.38. The molecule has 3 unspecified atom stereocenters. The molecule has 0 saturated carbocycles. The minimum Gasteiger partial charge on any atom is -0.354 e. The zero-order valence-electron chi connectivity index (χ0n) is 17.0. The van der Waals surface area contributed by atoms with E-state index in [0.29, 0.717) is 29.1 Å². The second kappa shape index (κ2) is 8.64. The second-order valence-electron chi connectivity index (χ2n) is 8.88. The van der Waals surface area contributed by atoms with Crippen LogP contribution in [0.15, 0.2) is 23.1 Å². The number of nitrogens with zero attached hydrogens (tertiary/aromatic N) is 1. The van der Waals surface area contributed by atoms with Crippen molar-refractivity contribution < 1.29 is 9.59 Å². The van der Waals surface area contributed by atoms with Crippen LogP contribution in [-0.2, 0) is 9.59 Å². The number of hydrogen-bond donors (Lipinski definition) is 2. The van der Waals surface area contributed by atoms with Crippen LogP contribution in [0.4, 0.5) is 5.69 Å². The highest BCUT2D eigenvalue weighted by atomic mass is 35.5. The van der Waals surface area contributed by atoms with E-state index in [9.17, 15) is 9.59 Å². The number of nitrogens with one attached hydrogen (secondary N) is 2. The second-order valence-corrected chi connectivity index (χ2v) is 10.6. The predicted octanol–water partition coefficient (Wildman–Crippen LogP) is 4.02. The molecule has 2 aliphatic rings.